The molecule has 0 saturated carbocycles. The van der Waals surface area contributed by atoms with Gasteiger partial charge in [-0.1, -0.05) is 112 Å². The summed E-state index contributed by atoms with van der Waals surface area (Å²) in [5, 5.41) is 4.50. The van der Waals surface area contributed by atoms with Gasteiger partial charge in [0.15, 0.2) is 0 Å². The van der Waals surface area contributed by atoms with E-state index < -0.39 is 0 Å². The Morgan fingerprint density at radius 2 is 0.913 bits per heavy atom. The fraction of sp³-hybridized carbons (Fsp3) is 0.238. The predicted octanol–water partition coefficient (Wildman–Crippen LogP) is 8.71. The Balaban J connectivity index is 0.00000372. The van der Waals surface area contributed by atoms with E-state index in [9.17, 15) is 0 Å². The molecule has 7 rings (SSSR count). The molecular weight excluding hydrogens is 636 g/mol. The van der Waals surface area contributed by atoms with Gasteiger partial charge in [0.25, 0.3) is 0 Å². The maximum Gasteiger partial charge on any atom is 0.131 e. The molecule has 0 N–H and O–H groups in total. The van der Waals surface area contributed by atoms with Gasteiger partial charge < -0.3 is 21.5 Å². The molecule has 0 saturated heterocycles. The zero-order valence-corrected chi connectivity index (χ0v) is 28.2. The SMILES string of the molecule is CCCC[N+]1(CCCC)Cc2c(-c3ccccc3F)cc3ccccc3c2-c2c(c(-c3ccccc3F)cc3ccccc23)C1.[Br-]. The van der Waals surface area contributed by atoms with Crippen LogP contribution < -0.4 is 17.0 Å². The van der Waals surface area contributed by atoms with Crippen molar-refractivity contribution in [3.05, 3.63) is 132 Å². The molecule has 6 aromatic rings. The summed E-state index contributed by atoms with van der Waals surface area (Å²) >= 11 is 0. The van der Waals surface area contributed by atoms with Gasteiger partial charge >= 0.3 is 0 Å². The van der Waals surface area contributed by atoms with Crippen LogP contribution in [0.1, 0.15) is 50.7 Å². The van der Waals surface area contributed by atoms with Gasteiger partial charge in [0, 0.05) is 33.4 Å². The van der Waals surface area contributed by atoms with Gasteiger partial charge in [0.2, 0.25) is 0 Å². The van der Waals surface area contributed by atoms with Crippen molar-refractivity contribution >= 4 is 21.5 Å². The predicted molar refractivity (Wildman–Crippen MR) is 185 cm³/mol. The van der Waals surface area contributed by atoms with Gasteiger partial charge in [0.05, 0.1) is 13.1 Å². The highest BCUT2D eigenvalue weighted by molar-refractivity contribution is 6.12. The molecule has 234 valence electrons. The zero-order valence-electron chi connectivity index (χ0n) is 26.6. The number of nitrogens with zero attached hydrogens (tertiary/aromatic N) is 1. The van der Waals surface area contributed by atoms with Gasteiger partial charge in [-0.15, -0.1) is 0 Å². The Morgan fingerprint density at radius 1 is 0.522 bits per heavy atom. The third kappa shape index (κ3) is 5.67. The average molecular weight is 677 g/mol. The number of rotatable bonds is 8. The minimum absolute atomic E-state index is 0. The lowest BCUT2D eigenvalue weighted by molar-refractivity contribution is -0.953. The summed E-state index contributed by atoms with van der Waals surface area (Å²) in [5.41, 5.74) is 7.94. The number of halogens is 3. The number of hydrogen-bond acceptors (Lipinski definition) is 0. The molecule has 0 amide bonds. The molecule has 0 aromatic heterocycles. The third-order valence-corrected chi connectivity index (χ3v) is 9.85. The molecule has 0 spiro atoms. The second kappa shape index (κ2) is 13.5. The normalized spacial score (nSPS) is 13.6. The lowest BCUT2D eigenvalue weighted by Crippen LogP contribution is -3.00. The minimum Gasteiger partial charge on any atom is -1.00 e. The van der Waals surface area contributed by atoms with E-state index in [0.29, 0.717) is 11.1 Å². The maximum absolute atomic E-state index is 15.8. The molecule has 0 unspecified atom stereocenters. The molecule has 1 aliphatic rings. The second-order valence-electron chi connectivity index (χ2n) is 12.8. The molecule has 0 radical (unpaired) electrons. The summed E-state index contributed by atoms with van der Waals surface area (Å²) in [4.78, 5) is 0. The lowest BCUT2D eigenvalue weighted by atomic mass is 9.82. The fourth-order valence-electron chi connectivity index (χ4n) is 7.66. The highest BCUT2D eigenvalue weighted by atomic mass is 79.9. The molecule has 1 nitrogen and oxygen atoms in total. The Hall–Kier alpha value is -3.86. The summed E-state index contributed by atoms with van der Waals surface area (Å²) in [6, 6.07) is 35.9. The summed E-state index contributed by atoms with van der Waals surface area (Å²) in [7, 11) is 0. The Kier molecular flexibility index (Phi) is 9.40. The maximum atomic E-state index is 15.8. The first kappa shape index (κ1) is 32.1. The van der Waals surface area contributed by atoms with Crippen LogP contribution in [0.3, 0.4) is 0 Å². The number of benzene rings is 6. The van der Waals surface area contributed by atoms with Gasteiger partial charge in [-0.25, -0.2) is 8.78 Å². The first-order valence-corrected chi connectivity index (χ1v) is 16.5. The van der Waals surface area contributed by atoms with Gasteiger partial charge in [-0.05, 0) is 69.8 Å². The molecule has 0 fully saturated rings. The highest BCUT2D eigenvalue weighted by Crippen LogP contribution is 2.50. The smallest absolute Gasteiger partial charge is 0.131 e. The molecule has 0 atom stereocenters. The third-order valence-electron chi connectivity index (χ3n) is 9.85. The first-order valence-electron chi connectivity index (χ1n) is 16.5. The van der Waals surface area contributed by atoms with Gasteiger partial charge in [-0.2, -0.15) is 0 Å². The Morgan fingerprint density at radius 3 is 1.33 bits per heavy atom. The largest absolute Gasteiger partial charge is 1.00 e. The summed E-state index contributed by atoms with van der Waals surface area (Å²) < 4.78 is 32.4. The molecule has 4 heteroatoms. The molecule has 1 heterocycles. The van der Waals surface area contributed by atoms with Crippen molar-refractivity contribution < 1.29 is 30.2 Å². The van der Waals surface area contributed by atoms with Gasteiger partial charge in [0.1, 0.15) is 24.7 Å². The van der Waals surface area contributed by atoms with Crippen LogP contribution in [0.4, 0.5) is 8.78 Å². The molecule has 0 bridgehead atoms. The highest BCUT2D eigenvalue weighted by Gasteiger charge is 2.37. The number of hydrogen-bond donors (Lipinski definition) is 0. The molecule has 46 heavy (non-hydrogen) atoms. The standard InChI is InChI=1S/C42H40F2N.BrH/c1-3-5-23-45(24-6-4-2)27-37-35(33-19-11-13-21-39(33)43)25-29-15-7-9-17-31(29)41(37)42-32-18-10-8-16-30(32)26-36(38(42)28-45)34-20-12-14-22-40(34)44;/h7-22,25-26H,3-6,23-24,27-28H2,1-2H3;1H/q+1;/p-1. The van der Waals surface area contributed by atoms with Crippen LogP contribution in [-0.2, 0) is 13.1 Å². The van der Waals surface area contributed by atoms with Crippen molar-refractivity contribution in [3.8, 4) is 33.4 Å². The Labute approximate surface area is 281 Å². The van der Waals surface area contributed by atoms with E-state index in [0.717, 1.165) is 89.0 Å². The minimum atomic E-state index is -0.204. The summed E-state index contributed by atoms with van der Waals surface area (Å²) in [6.45, 7) is 8.14. The average Bonchev–Trinajstić information content (AvgIpc) is 3.22. The number of quaternary nitrogens is 1. The van der Waals surface area contributed by atoms with Crippen LogP contribution in [0, 0.1) is 11.6 Å². The number of unbranched alkanes of at least 4 members (excludes halogenated alkanes) is 2. The van der Waals surface area contributed by atoms with Crippen LogP contribution in [0.2, 0.25) is 0 Å². The molecule has 6 aromatic carbocycles. The van der Waals surface area contributed by atoms with Crippen LogP contribution in [-0.4, -0.2) is 17.6 Å². The van der Waals surface area contributed by atoms with Crippen LogP contribution >= 0.6 is 0 Å². The van der Waals surface area contributed by atoms with Crippen molar-refractivity contribution in [2.75, 3.05) is 13.1 Å². The van der Waals surface area contributed by atoms with E-state index in [1.165, 1.54) is 22.3 Å². The topological polar surface area (TPSA) is 0 Å². The first-order chi connectivity index (χ1) is 22.0. The molecular formula is C42H40BrF2N. The van der Waals surface area contributed by atoms with E-state index >= 15 is 8.78 Å². The van der Waals surface area contributed by atoms with Crippen molar-refractivity contribution in [1.82, 2.24) is 0 Å². The molecule has 1 aliphatic heterocycles. The van der Waals surface area contributed by atoms with Crippen LogP contribution in [0.25, 0.3) is 54.9 Å². The second-order valence-corrected chi connectivity index (χ2v) is 12.8. The van der Waals surface area contributed by atoms with Crippen LogP contribution in [0.5, 0.6) is 0 Å². The van der Waals surface area contributed by atoms with E-state index in [2.05, 4.69) is 74.5 Å². The number of fused-ring (bicyclic) bond motifs is 7. The zero-order chi connectivity index (χ0) is 31.0. The summed E-state index contributed by atoms with van der Waals surface area (Å²) in [5.74, 6) is -0.408. The van der Waals surface area contributed by atoms with Gasteiger partial charge in [-0.3, -0.25) is 0 Å². The Bertz CT molecular complexity index is 1880. The van der Waals surface area contributed by atoms with Crippen molar-refractivity contribution in [3.63, 3.8) is 0 Å². The molecule has 0 aliphatic carbocycles. The monoisotopic (exact) mass is 675 g/mol. The summed E-state index contributed by atoms with van der Waals surface area (Å²) in [6.07, 6.45) is 4.39. The quantitative estimate of drug-likeness (QED) is 0.142. The van der Waals surface area contributed by atoms with Crippen molar-refractivity contribution in [2.45, 2.75) is 52.6 Å². The fourth-order valence-corrected chi connectivity index (χ4v) is 7.66. The lowest BCUT2D eigenvalue weighted by Gasteiger charge is -2.39. The van der Waals surface area contributed by atoms with Crippen molar-refractivity contribution in [2.24, 2.45) is 0 Å². The van der Waals surface area contributed by atoms with Crippen molar-refractivity contribution in [1.29, 1.82) is 0 Å². The van der Waals surface area contributed by atoms with E-state index in [1.807, 2.05) is 24.3 Å². The van der Waals surface area contributed by atoms with Crippen LogP contribution in [0.15, 0.2) is 109 Å². The van der Waals surface area contributed by atoms with E-state index in [-0.39, 0.29) is 28.6 Å². The van der Waals surface area contributed by atoms with E-state index in [4.69, 9.17) is 0 Å². The van der Waals surface area contributed by atoms with E-state index in [1.54, 1.807) is 24.3 Å².